The maximum Gasteiger partial charge on any atom is 0.101 e. The number of nitrogens with zero attached hydrogens (tertiary/aromatic N) is 1. The second kappa shape index (κ2) is 8.45. The van der Waals surface area contributed by atoms with E-state index < -0.39 is 6.17 Å². The Balaban J connectivity index is 1.45. The molecule has 3 aliphatic rings. The van der Waals surface area contributed by atoms with Crippen LogP contribution in [0, 0.1) is 23.2 Å². The van der Waals surface area contributed by atoms with Gasteiger partial charge < -0.3 is 9.47 Å². The van der Waals surface area contributed by atoms with Gasteiger partial charge in [-0.2, -0.15) is 0 Å². The highest BCUT2D eigenvalue weighted by atomic mass is 19.1. The van der Waals surface area contributed by atoms with Crippen molar-refractivity contribution in [1.29, 1.82) is 0 Å². The Bertz CT molecular complexity index is 457. The lowest BCUT2D eigenvalue weighted by molar-refractivity contribution is -0.00320. The van der Waals surface area contributed by atoms with E-state index in [4.69, 9.17) is 9.47 Å². The third-order valence-electron chi connectivity index (χ3n) is 7.14. The number of rotatable bonds is 9. The average molecular weight is 370 g/mol. The second-order valence-corrected chi connectivity index (χ2v) is 10.0. The molecular formula is C22H40FNO2. The molecule has 0 aromatic heterocycles. The van der Waals surface area contributed by atoms with Gasteiger partial charge in [0.25, 0.3) is 0 Å². The summed E-state index contributed by atoms with van der Waals surface area (Å²) in [4.78, 5) is 2.62. The monoisotopic (exact) mass is 369 g/mol. The number of halogens is 1. The Morgan fingerprint density at radius 3 is 2.54 bits per heavy atom. The molecule has 2 saturated heterocycles. The van der Waals surface area contributed by atoms with Gasteiger partial charge in [0.2, 0.25) is 0 Å². The second-order valence-electron chi connectivity index (χ2n) is 10.0. The fourth-order valence-corrected chi connectivity index (χ4v) is 5.85. The highest BCUT2D eigenvalue weighted by molar-refractivity contribution is 5.02. The number of alkyl halides is 1. The minimum atomic E-state index is -0.621. The van der Waals surface area contributed by atoms with Crippen LogP contribution in [0.3, 0.4) is 0 Å². The quantitative estimate of drug-likeness (QED) is 0.588. The molecule has 1 aliphatic carbocycles. The first-order valence-corrected chi connectivity index (χ1v) is 10.9. The lowest BCUT2D eigenvalue weighted by Gasteiger charge is -2.32. The molecule has 152 valence electrons. The maximum atomic E-state index is 13.9. The Morgan fingerprint density at radius 1 is 1.08 bits per heavy atom. The van der Waals surface area contributed by atoms with Crippen molar-refractivity contribution < 1.29 is 13.9 Å². The summed E-state index contributed by atoms with van der Waals surface area (Å²) in [6.07, 6.45) is 5.07. The highest BCUT2D eigenvalue weighted by Gasteiger charge is 2.49. The van der Waals surface area contributed by atoms with E-state index in [2.05, 4.69) is 39.5 Å². The van der Waals surface area contributed by atoms with Crippen LogP contribution in [0.5, 0.6) is 0 Å². The molecule has 0 aromatic carbocycles. The summed E-state index contributed by atoms with van der Waals surface area (Å²) in [6.45, 7) is 14.9. The van der Waals surface area contributed by atoms with Crippen LogP contribution < -0.4 is 0 Å². The zero-order valence-electron chi connectivity index (χ0n) is 17.5. The summed E-state index contributed by atoms with van der Waals surface area (Å²) in [5.41, 5.74) is 0.417. The molecule has 7 atom stereocenters. The largest absolute Gasteiger partial charge is 0.378 e. The zero-order valence-corrected chi connectivity index (χ0v) is 17.5. The van der Waals surface area contributed by atoms with Crippen LogP contribution in [0.2, 0.25) is 0 Å². The summed E-state index contributed by atoms with van der Waals surface area (Å²) >= 11 is 0. The molecule has 3 nitrogen and oxygen atoms in total. The molecule has 1 saturated carbocycles. The van der Waals surface area contributed by atoms with Gasteiger partial charge in [0.05, 0.1) is 25.4 Å². The van der Waals surface area contributed by atoms with Gasteiger partial charge in [0, 0.05) is 12.6 Å². The van der Waals surface area contributed by atoms with Crippen molar-refractivity contribution in [3.63, 3.8) is 0 Å². The van der Waals surface area contributed by atoms with Crippen LogP contribution in [0.15, 0.2) is 0 Å². The van der Waals surface area contributed by atoms with E-state index in [1.807, 2.05) is 0 Å². The van der Waals surface area contributed by atoms with E-state index in [1.54, 1.807) is 0 Å². The van der Waals surface area contributed by atoms with Crippen molar-refractivity contribution in [2.45, 2.75) is 91.1 Å². The molecule has 0 radical (unpaired) electrons. The van der Waals surface area contributed by atoms with Crippen LogP contribution in [0.4, 0.5) is 4.39 Å². The standard InChI is InChI=1S/C22H40FNO2/c1-15(2)21-9-19(23)8-18(21)12-26-17(5)10-22-6-7-24(14-22)20(11-22)13-25-16(3)4/h15-21H,6-14H2,1-5H3/t17?,18-,19+,20-,21?,22?/m0/s1. The minimum Gasteiger partial charge on any atom is -0.378 e. The minimum absolute atomic E-state index is 0.270. The molecule has 26 heavy (non-hydrogen) atoms. The zero-order chi connectivity index (χ0) is 18.9. The Hall–Kier alpha value is -0.190. The van der Waals surface area contributed by atoms with E-state index in [-0.39, 0.29) is 6.10 Å². The van der Waals surface area contributed by atoms with E-state index in [9.17, 15) is 4.39 Å². The molecular weight excluding hydrogens is 329 g/mol. The summed E-state index contributed by atoms with van der Waals surface area (Å²) in [6, 6.07) is 0.589. The van der Waals surface area contributed by atoms with Gasteiger partial charge in [-0.05, 0) is 82.6 Å². The molecule has 0 spiro atoms. The topological polar surface area (TPSA) is 21.7 Å². The predicted octanol–water partition coefficient (Wildman–Crippen LogP) is 4.69. The first-order valence-electron chi connectivity index (χ1n) is 10.9. The third kappa shape index (κ3) is 4.80. The Labute approximate surface area is 160 Å². The number of hydrogen-bond acceptors (Lipinski definition) is 3. The Kier molecular flexibility index (Phi) is 6.67. The van der Waals surface area contributed by atoms with Gasteiger partial charge in [-0.25, -0.2) is 4.39 Å². The van der Waals surface area contributed by atoms with Crippen molar-refractivity contribution in [3.8, 4) is 0 Å². The van der Waals surface area contributed by atoms with E-state index in [0.29, 0.717) is 41.7 Å². The maximum absolute atomic E-state index is 13.9. The molecule has 4 unspecified atom stereocenters. The first kappa shape index (κ1) is 20.5. The van der Waals surface area contributed by atoms with Gasteiger partial charge in [-0.15, -0.1) is 0 Å². The number of piperidine rings is 1. The average Bonchev–Trinajstić information content (AvgIpc) is 3.23. The normalized spacial score (nSPS) is 40.8. The predicted molar refractivity (Wildman–Crippen MR) is 104 cm³/mol. The molecule has 3 rings (SSSR count). The lowest BCUT2D eigenvalue weighted by atomic mass is 9.78. The van der Waals surface area contributed by atoms with E-state index in [1.165, 1.54) is 25.9 Å². The lowest BCUT2D eigenvalue weighted by Crippen LogP contribution is -2.35. The first-order chi connectivity index (χ1) is 12.3. The van der Waals surface area contributed by atoms with Crippen molar-refractivity contribution in [2.75, 3.05) is 26.3 Å². The van der Waals surface area contributed by atoms with E-state index >= 15 is 0 Å². The molecule has 2 heterocycles. The van der Waals surface area contributed by atoms with Gasteiger partial charge in [-0.1, -0.05) is 13.8 Å². The summed E-state index contributed by atoms with van der Waals surface area (Å²) in [5, 5.41) is 0. The summed E-state index contributed by atoms with van der Waals surface area (Å²) in [7, 11) is 0. The third-order valence-corrected chi connectivity index (χ3v) is 7.14. The van der Waals surface area contributed by atoms with Gasteiger partial charge in [0.15, 0.2) is 0 Å². The van der Waals surface area contributed by atoms with Crippen molar-refractivity contribution in [1.82, 2.24) is 4.90 Å². The molecule has 0 amide bonds. The van der Waals surface area contributed by atoms with Crippen LogP contribution in [0.25, 0.3) is 0 Å². The molecule has 2 bridgehead atoms. The SMILES string of the molecule is CC(C)OC[C@@H]1CC2(CC(C)OC[C@@H]3C[C@@H](F)CC3C(C)C)CCN1C2. The summed E-state index contributed by atoms with van der Waals surface area (Å²) in [5.74, 6) is 1.44. The van der Waals surface area contributed by atoms with Crippen LogP contribution in [-0.4, -0.2) is 55.6 Å². The molecule has 2 aliphatic heterocycles. The fraction of sp³-hybridized carbons (Fsp3) is 1.00. The number of ether oxygens (including phenoxy) is 2. The molecule has 4 heteroatoms. The van der Waals surface area contributed by atoms with Gasteiger partial charge in [0.1, 0.15) is 6.17 Å². The van der Waals surface area contributed by atoms with Crippen LogP contribution in [-0.2, 0) is 9.47 Å². The van der Waals surface area contributed by atoms with Gasteiger partial charge >= 0.3 is 0 Å². The molecule has 0 aromatic rings. The number of fused-ring (bicyclic) bond motifs is 2. The van der Waals surface area contributed by atoms with Crippen molar-refractivity contribution in [2.24, 2.45) is 23.2 Å². The fourth-order valence-electron chi connectivity index (χ4n) is 5.85. The molecule has 0 N–H and O–H groups in total. The summed E-state index contributed by atoms with van der Waals surface area (Å²) < 4.78 is 26.0. The van der Waals surface area contributed by atoms with Crippen molar-refractivity contribution in [3.05, 3.63) is 0 Å². The van der Waals surface area contributed by atoms with Crippen LogP contribution in [0.1, 0.15) is 66.7 Å². The van der Waals surface area contributed by atoms with E-state index in [0.717, 1.165) is 26.1 Å². The highest BCUT2D eigenvalue weighted by Crippen LogP contribution is 2.48. The van der Waals surface area contributed by atoms with Gasteiger partial charge in [-0.3, -0.25) is 4.90 Å². The Morgan fingerprint density at radius 2 is 1.85 bits per heavy atom. The van der Waals surface area contributed by atoms with Crippen molar-refractivity contribution >= 4 is 0 Å². The number of hydrogen-bond donors (Lipinski definition) is 0. The smallest absolute Gasteiger partial charge is 0.101 e. The van der Waals surface area contributed by atoms with Crippen LogP contribution >= 0.6 is 0 Å². The molecule has 3 fully saturated rings.